The van der Waals surface area contributed by atoms with Gasteiger partial charge in [-0.1, -0.05) is 68.3 Å². The summed E-state index contributed by atoms with van der Waals surface area (Å²) in [4.78, 5) is 42.6. The molecule has 0 saturated carbocycles. The Kier molecular flexibility index (Phi) is 7.99. The fourth-order valence-electron chi connectivity index (χ4n) is 3.74. The summed E-state index contributed by atoms with van der Waals surface area (Å²) in [6.07, 6.45) is 3.50. The van der Waals surface area contributed by atoms with Gasteiger partial charge < -0.3 is 0 Å². The lowest BCUT2D eigenvalue weighted by Gasteiger charge is -2.11. The summed E-state index contributed by atoms with van der Waals surface area (Å²) in [5, 5.41) is 7.94. The van der Waals surface area contributed by atoms with E-state index in [-0.39, 0.29) is 17.7 Å². The van der Waals surface area contributed by atoms with Crippen LogP contribution in [0.4, 0.5) is 0 Å². The number of benzene rings is 2. The normalized spacial score (nSPS) is 10.9. The van der Waals surface area contributed by atoms with Gasteiger partial charge in [0.2, 0.25) is 5.91 Å². The molecule has 2 N–H and O–H groups in total. The lowest BCUT2D eigenvalue weighted by molar-refractivity contribution is -0.121. The van der Waals surface area contributed by atoms with Crippen LogP contribution in [0.3, 0.4) is 0 Å². The molecule has 9 heteroatoms. The molecule has 0 aliphatic rings. The summed E-state index contributed by atoms with van der Waals surface area (Å²) < 4.78 is 1.33. The number of aromatic nitrogens is 3. The van der Waals surface area contributed by atoms with Crippen molar-refractivity contribution in [3.8, 4) is 0 Å². The van der Waals surface area contributed by atoms with Gasteiger partial charge in [-0.2, -0.15) is 5.10 Å². The molecule has 0 unspecified atom stereocenters. The van der Waals surface area contributed by atoms with Crippen LogP contribution in [0.2, 0.25) is 0 Å². The van der Waals surface area contributed by atoms with Crippen LogP contribution in [0.5, 0.6) is 0 Å². The molecule has 4 rings (SSSR count). The maximum atomic E-state index is 12.9. The number of rotatable bonds is 9. The van der Waals surface area contributed by atoms with E-state index in [1.807, 2.05) is 35.7 Å². The number of thiazole rings is 1. The second kappa shape index (κ2) is 11.5. The Hall–Kier alpha value is -3.85. The topological polar surface area (TPSA) is 106 Å². The average Bonchev–Trinajstić information content (AvgIpc) is 3.31. The van der Waals surface area contributed by atoms with Crippen LogP contribution in [-0.2, 0) is 24.2 Å². The molecule has 0 fully saturated rings. The van der Waals surface area contributed by atoms with Gasteiger partial charge >= 0.3 is 0 Å². The molecular formula is C26H27N5O3S. The minimum atomic E-state index is -0.582. The van der Waals surface area contributed by atoms with E-state index in [1.54, 1.807) is 24.3 Å². The first-order chi connectivity index (χ1) is 17.0. The van der Waals surface area contributed by atoms with Crippen LogP contribution in [0, 0.1) is 0 Å². The van der Waals surface area contributed by atoms with Gasteiger partial charge in [-0.25, -0.2) is 9.67 Å². The summed E-state index contributed by atoms with van der Waals surface area (Å²) >= 11 is 1.50. The number of hydrazine groups is 1. The van der Waals surface area contributed by atoms with Crippen LogP contribution in [0.25, 0.3) is 10.8 Å². The second-order valence-electron chi connectivity index (χ2n) is 8.20. The molecule has 4 aromatic rings. The standard InChI is InChI=1S/C26H27N5O3S/c1-2-3-9-14-31-26(34)21-13-8-7-12-20(21)24(30-31)25(33)29-28-22(32)16-19-17-35-23(27-19)15-18-10-5-4-6-11-18/h4-8,10-13,17H,2-3,9,14-16H2,1H3,(H,28,32)(H,29,33). The largest absolute Gasteiger partial charge is 0.290 e. The molecule has 0 spiro atoms. The van der Waals surface area contributed by atoms with Crippen LogP contribution in [0.15, 0.2) is 64.8 Å². The highest BCUT2D eigenvalue weighted by Gasteiger charge is 2.17. The molecule has 180 valence electrons. The zero-order chi connectivity index (χ0) is 24.6. The number of unbranched alkanes of at least 4 members (excludes halogenated alkanes) is 2. The average molecular weight is 490 g/mol. The van der Waals surface area contributed by atoms with Crippen molar-refractivity contribution in [1.82, 2.24) is 25.6 Å². The molecule has 0 aliphatic heterocycles. The van der Waals surface area contributed by atoms with Crippen molar-refractivity contribution in [2.45, 2.75) is 45.6 Å². The third-order valence-corrected chi connectivity index (χ3v) is 6.41. The molecule has 35 heavy (non-hydrogen) atoms. The van der Waals surface area contributed by atoms with Crippen LogP contribution < -0.4 is 16.4 Å². The first-order valence-corrected chi connectivity index (χ1v) is 12.5. The van der Waals surface area contributed by atoms with E-state index in [0.717, 1.165) is 29.8 Å². The highest BCUT2D eigenvalue weighted by molar-refractivity contribution is 7.09. The van der Waals surface area contributed by atoms with Crippen LogP contribution >= 0.6 is 11.3 Å². The third kappa shape index (κ3) is 6.19. The lowest BCUT2D eigenvalue weighted by Crippen LogP contribution is -2.43. The van der Waals surface area contributed by atoms with Crippen molar-refractivity contribution in [3.05, 3.63) is 92.3 Å². The number of nitrogens with zero attached hydrogens (tertiary/aromatic N) is 3. The second-order valence-corrected chi connectivity index (χ2v) is 9.15. The van der Waals surface area contributed by atoms with E-state index >= 15 is 0 Å². The van der Waals surface area contributed by atoms with Gasteiger partial charge in [0, 0.05) is 23.7 Å². The highest BCUT2D eigenvalue weighted by Crippen LogP contribution is 2.16. The van der Waals surface area contributed by atoms with Gasteiger partial charge in [-0.15, -0.1) is 11.3 Å². The van der Waals surface area contributed by atoms with E-state index in [2.05, 4.69) is 27.9 Å². The molecule has 0 aliphatic carbocycles. The zero-order valence-electron chi connectivity index (χ0n) is 19.5. The lowest BCUT2D eigenvalue weighted by atomic mass is 10.1. The van der Waals surface area contributed by atoms with Crippen molar-refractivity contribution in [1.29, 1.82) is 0 Å². The zero-order valence-corrected chi connectivity index (χ0v) is 20.3. The Morgan fingerprint density at radius 2 is 1.71 bits per heavy atom. The summed E-state index contributed by atoms with van der Waals surface area (Å²) in [5.74, 6) is -0.975. The van der Waals surface area contributed by atoms with Crippen molar-refractivity contribution >= 4 is 33.9 Å². The van der Waals surface area contributed by atoms with Crippen molar-refractivity contribution in [2.75, 3.05) is 0 Å². The number of carbonyl (C=O) groups excluding carboxylic acids is 2. The fraction of sp³-hybridized carbons (Fsp3) is 0.269. The predicted molar refractivity (Wildman–Crippen MR) is 136 cm³/mol. The van der Waals surface area contributed by atoms with Crippen molar-refractivity contribution < 1.29 is 9.59 Å². The minimum Gasteiger partial charge on any atom is -0.273 e. The summed E-state index contributed by atoms with van der Waals surface area (Å²) in [5.41, 5.74) is 6.53. The van der Waals surface area contributed by atoms with Gasteiger partial charge in [0.05, 0.1) is 22.5 Å². The molecule has 0 saturated heterocycles. The maximum Gasteiger partial charge on any atom is 0.290 e. The van der Waals surface area contributed by atoms with E-state index < -0.39 is 11.8 Å². The quantitative estimate of drug-likeness (QED) is 0.276. The first-order valence-electron chi connectivity index (χ1n) is 11.6. The van der Waals surface area contributed by atoms with Crippen molar-refractivity contribution in [2.24, 2.45) is 0 Å². The number of aryl methyl sites for hydroxylation is 1. The molecule has 8 nitrogen and oxygen atoms in total. The number of hydrogen-bond donors (Lipinski definition) is 2. The molecule has 2 aromatic heterocycles. The monoisotopic (exact) mass is 489 g/mol. The Morgan fingerprint density at radius 3 is 2.49 bits per heavy atom. The maximum absolute atomic E-state index is 12.9. The van der Waals surface area contributed by atoms with E-state index in [9.17, 15) is 14.4 Å². The molecule has 0 radical (unpaired) electrons. The number of amides is 2. The predicted octanol–water partition coefficient (Wildman–Crippen LogP) is 3.64. The minimum absolute atomic E-state index is 0.0380. The van der Waals surface area contributed by atoms with Gasteiger partial charge in [0.15, 0.2) is 5.69 Å². The van der Waals surface area contributed by atoms with E-state index in [1.165, 1.54) is 16.0 Å². The first kappa shape index (κ1) is 24.3. The summed E-state index contributed by atoms with van der Waals surface area (Å²) in [6, 6.07) is 16.9. The summed E-state index contributed by atoms with van der Waals surface area (Å²) in [7, 11) is 0. The van der Waals surface area contributed by atoms with E-state index in [0.29, 0.717) is 29.4 Å². The van der Waals surface area contributed by atoms with Gasteiger partial charge in [-0.3, -0.25) is 25.2 Å². The molecule has 0 bridgehead atoms. The highest BCUT2D eigenvalue weighted by atomic mass is 32.1. The summed E-state index contributed by atoms with van der Waals surface area (Å²) in [6.45, 7) is 2.51. The van der Waals surface area contributed by atoms with Crippen LogP contribution in [-0.4, -0.2) is 26.6 Å². The Labute approximate surface area is 207 Å². The Balaban J connectivity index is 1.41. The van der Waals surface area contributed by atoms with E-state index in [4.69, 9.17) is 0 Å². The molecule has 0 atom stereocenters. The molecule has 2 aromatic carbocycles. The fourth-order valence-corrected chi connectivity index (χ4v) is 4.57. The van der Waals surface area contributed by atoms with Crippen LogP contribution in [0.1, 0.15) is 52.9 Å². The number of fused-ring (bicyclic) bond motifs is 1. The number of carbonyl (C=O) groups is 2. The van der Waals surface area contributed by atoms with Gasteiger partial charge in [0.1, 0.15) is 0 Å². The number of nitrogens with one attached hydrogen (secondary N) is 2. The Morgan fingerprint density at radius 1 is 0.971 bits per heavy atom. The van der Waals surface area contributed by atoms with Gasteiger partial charge in [-0.05, 0) is 18.1 Å². The SMILES string of the molecule is CCCCCn1nc(C(=O)NNC(=O)Cc2csc(Cc3ccccc3)n2)c2ccccc2c1=O. The van der Waals surface area contributed by atoms with Crippen molar-refractivity contribution in [3.63, 3.8) is 0 Å². The molecule has 2 heterocycles. The van der Waals surface area contributed by atoms with Gasteiger partial charge in [0.25, 0.3) is 11.5 Å². The molecular weight excluding hydrogens is 462 g/mol. The Bertz CT molecular complexity index is 1380. The number of hydrogen-bond acceptors (Lipinski definition) is 6. The molecule has 2 amide bonds. The third-order valence-electron chi connectivity index (χ3n) is 5.51. The smallest absolute Gasteiger partial charge is 0.273 e.